The van der Waals surface area contributed by atoms with Crippen LogP contribution in [-0.4, -0.2) is 13.9 Å². The van der Waals surface area contributed by atoms with Gasteiger partial charge in [0.15, 0.2) is 0 Å². The van der Waals surface area contributed by atoms with Gasteiger partial charge in [-0.1, -0.05) is 23.7 Å². The van der Waals surface area contributed by atoms with Gasteiger partial charge < -0.3 is 0 Å². The second-order valence-corrected chi connectivity index (χ2v) is 8.06. The lowest BCUT2D eigenvalue weighted by Gasteiger charge is -2.17. The molecule has 2 aromatic rings. The Morgan fingerprint density at radius 2 is 2.08 bits per heavy atom. The van der Waals surface area contributed by atoms with E-state index in [4.69, 9.17) is 16.4 Å². The predicted molar refractivity (Wildman–Crippen MR) is 95.9 cm³/mol. The van der Waals surface area contributed by atoms with E-state index in [0.29, 0.717) is 0 Å². The second kappa shape index (κ2) is 8.30. The van der Waals surface area contributed by atoms with Crippen LogP contribution in [0.5, 0.6) is 0 Å². The highest BCUT2D eigenvalue weighted by Gasteiger charge is 2.46. The highest BCUT2D eigenvalue weighted by molar-refractivity contribution is 7.93. The maximum Gasteiger partial charge on any atom is 0.516 e. The van der Waals surface area contributed by atoms with Crippen molar-refractivity contribution in [3.63, 3.8) is 0 Å². The van der Waals surface area contributed by atoms with E-state index in [-0.39, 0.29) is 28.6 Å². The molecule has 0 saturated heterocycles. The Kier molecular flexibility index (Phi) is 6.56. The summed E-state index contributed by atoms with van der Waals surface area (Å²) in [5.41, 5.74) is -2.75. The molecule has 5 nitrogen and oxygen atoms in total. The maximum absolute atomic E-state index is 12.6. The zero-order chi connectivity index (χ0) is 19.4. The van der Waals surface area contributed by atoms with Gasteiger partial charge in [-0.05, 0) is 36.6 Å². The SMILES string of the molecule is CC=C(NOCc1cccs1)c1cc(Cl)ccc1NS(=O)(=O)C(F)(F)F. The topological polar surface area (TPSA) is 67.4 Å². The molecule has 0 saturated carbocycles. The molecule has 142 valence electrons. The van der Waals surface area contributed by atoms with E-state index in [0.717, 1.165) is 10.9 Å². The lowest BCUT2D eigenvalue weighted by atomic mass is 10.1. The molecule has 2 rings (SSSR count). The molecule has 0 unspecified atom stereocenters. The van der Waals surface area contributed by atoms with Crippen molar-refractivity contribution in [2.75, 3.05) is 4.72 Å². The van der Waals surface area contributed by atoms with Crippen LogP contribution >= 0.6 is 22.9 Å². The maximum atomic E-state index is 12.6. The number of hydrogen-bond donors (Lipinski definition) is 2. The van der Waals surface area contributed by atoms with Crippen molar-refractivity contribution in [1.82, 2.24) is 5.48 Å². The van der Waals surface area contributed by atoms with Gasteiger partial charge in [-0.2, -0.15) is 21.6 Å². The van der Waals surface area contributed by atoms with Crippen molar-refractivity contribution in [1.29, 1.82) is 0 Å². The largest absolute Gasteiger partial charge is 0.516 e. The van der Waals surface area contributed by atoms with Gasteiger partial charge in [-0.15, -0.1) is 11.3 Å². The normalized spacial score (nSPS) is 12.9. The fraction of sp³-hybridized carbons (Fsp3) is 0.200. The molecular weight excluding hydrogens is 413 g/mol. The van der Waals surface area contributed by atoms with Crippen LogP contribution in [0.15, 0.2) is 41.8 Å². The average Bonchev–Trinajstić information content (AvgIpc) is 3.05. The summed E-state index contributed by atoms with van der Waals surface area (Å²) in [5, 5.41) is 2.09. The van der Waals surface area contributed by atoms with Crippen molar-refractivity contribution in [2.45, 2.75) is 19.0 Å². The zero-order valence-electron chi connectivity index (χ0n) is 13.3. The molecule has 1 aromatic heterocycles. The fourth-order valence-corrected chi connectivity index (χ4v) is 3.25. The number of benzene rings is 1. The van der Waals surface area contributed by atoms with Crippen molar-refractivity contribution in [2.24, 2.45) is 0 Å². The van der Waals surface area contributed by atoms with Gasteiger partial charge in [0.2, 0.25) is 0 Å². The van der Waals surface area contributed by atoms with Gasteiger partial charge in [-0.25, -0.2) is 0 Å². The number of hydroxylamine groups is 1. The Morgan fingerprint density at radius 3 is 2.65 bits per heavy atom. The molecule has 0 fully saturated rings. The zero-order valence-corrected chi connectivity index (χ0v) is 15.7. The molecule has 26 heavy (non-hydrogen) atoms. The van der Waals surface area contributed by atoms with Crippen LogP contribution in [0.2, 0.25) is 5.02 Å². The van der Waals surface area contributed by atoms with Gasteiger partial charge in [0.05, 0.1) is 11.4 Å². The van der Waals surface area contributed by atoms with Gasteiger partial charge in [0, 0.05) is 15.5 Å². The van der Waals surface area contributed by atoms with Gasteiger partial charge in [0.1, 0.15) is 6.61 Å². The number of hydrogen-bond acceptors (Lipinski definition) is 5. The van der Waals surface area contributed by atoms with E-state index in [1.54, 1.807) is 6.92 Å². The van der Waals surface area contributed by atoms with Crippen molar-refractivity contribution in [3.8, 4) is 0 Å². The summed E-state index contributed by atoms with van der Waals surface area (Å²) in [4.78, 5) is 6.26. The first-order chi connectivity index (χ1) is 12.1. The first-order valence-electron chi connectivity index (χ1n) is 7.09. The van der Waals surface area contributed by atoms with Crippen LogP contribution in [0.3, 0.4) is 0 Å². The van der Waals surface area contributed by atoms with E-state index >= 15 is 0 Å². The van der Waals surface area contributed by atoms with Crippen molar-refractivity contribution >= 4 is 44.3 Å². The van der Waals surface area contributed by atoms with E-state index in [2.05, 4.69) is 5.48 Å². The molecule has 0 aliphatic rings. The molecule has 0 amide bonds. The third kappa shape index (κ3) is 5.13. The van der Waals surface area contributed by atoms with Gasteiger partial charge >= 0.3 is 15.5 Å². The molecule has 1 heterocycles. The molecule has 0 aliphatic carbocycles. The molecule has 0 aliphatic heterocycles. The minimum absolute atomic E-state index is 0.110. The summed E-state index contributed by atoms with van der Waals surface area (Å²) in [5.74, 6) is 0. The monoisotopic (exact) mass is 426 g/mol. The van der Waals surface area contributed by atoms with Crippen molar-refractivity contribution in [3.05, 3.63) is 57.3 Å². The number of halogens is 4. The Balaban J connectivity index is 2.24. The molecular formula is C15H14ClF3N2O3S2. The molecule has 1 aromatic carbocycles. The Bertz CT molecular complexity index is 882. The highest BCUT2D eigenvalue weighted by Crippen LogP contribution is 2.31. The number of thiophene rings is 1. The molecule has 2 N–H and O–H groups in total. The summed E-state index contributed by atoms with van der Waals surface area (Å²) >= 11 is 7.37. The molecule has 0 bridgehead atoms. The smallest absolute Gasteiger partial charge is 0.275 e. The van der Waals surface area contributed by atoms with Crippen LogP contribution in [0.4, 0.5) is 18.9 Å². The van der Waals surface area contributed by atoms with E-state index < -0.39 is 15.5 Å². The minimum Gasteiger partial charge on any atom is -0.275 e. The van der Waals surface area contributed by atoms with E-state index in [1.165, 1.54) is 34.3 Å². The third-order valence-electron chi connectivity index (χ3n) is 3.09. The van der Waals surface area contributed by atoms with Gasteiger partial charge in [0.25, 0.3) is 0 Å². The lowest BCUT2D eigenvalue weighted by molar-refractivity contribution is -0.0429. The van der Waals surface area contributed by atoms with Crippen LogP contribution in [-0.2, 0) is 21.5 Å². The quantitative estimate of drug-likeness (QED) is 0.627. The van der Waals surface area contributed by atoms with Gasteiger partial charge in [-0.3, -0.25) is 15.0 Å². The summed E-state index contributed by atoms with van der Waals surface area (Å²) in [6.45, 7) is 1.83. The van der Waals surface area contributed by atoms with E-state index in [9.17, 15) is 21.6 Å². The summed E-state index contributed by atoms with van der Waals surface area (Å²) in [6.07, 6.45) is 1.52. The number of allylic oxidation sites excluding steroid dienone is 1. The standard InChI is InChI=1S/C15H14ClF3N2O3S2/c1-2-13(20-24-9-11-4-3-7-25-11)12-8-10(16)5-6-14(12)21-26(22,23)15(17,18)19/h2-8,20-21H,9H2,1H3. The highest BCUT2D eigenvalue weighted by atomic mass is 35.5. The number of alkyl halides is 3. The number of nitrogens with one attached hydrogen (secondary N) is 2. The van der Waals surface area contributed by atoms with Crippen LogP contribution in [0.1, 0.15) is 17.4 Å². The first kappa shape index (κ1) is 20.6. The van der Waals surface area contributed by atoms with Crippen molar-refractivity contribution < 1.29 is 26.4 Å². The van der Waals surface area contributed by atoms with Crippen LogP contribution in [0, 0.1) is 0 Å². The molecule has 0 radical (unpaired) electrons. The summed E-state index contributed by atoms with van der Waals surface area (Å²) in [7, 11) is -5.57. The van der Waals surface area contributed by atoms with E-state index in [1.807, 2.05) is 17.5 Å². The Hall–Kier alpha value is -1.75. The lowest BCUT2D eigenvalue weighted by Crippen LogP contribution is -2.30. The first-order valence-corrected chi connectivity index (χ1v) is 9.83. The van der Waals surface area contributed by atoms with Crippen LogP contribution in [0.25, 0.3) is 5.70 Å². The second-order valence-electron chi connectivity index (χ2n) is 4.91. The summed E-state index contributed by atoms with van der Waals surface area (Å²) < 4.78 is 62.3. The molecule has 0 spiro atoms. The number of rotatable bonds is 7. The number of anilines is 1. The summed E-state index contributed by atoms with van der Waals surface area (Å²) in [6, 6.07) is 7.45. The Labute approximate surface area is 157 Å². The fourth-order valence-electron chi connectivity index (χ4n) is 1.88. The Morgan fingerprint density at radius 1 is 1.35 bits per heavy atom. The average molecular weight is 427 g/mol. The third-order valence-corrected chi connectivity index (χ3v) is 5.27. The number of sulfonamides is 1. The minimum atomic E-state index is -5.57. The van der Waals surface area contributed by atoms with Crippen LogP contribution < -0.4 is 10.2 Å². The molecule has 11 heteroatoms. The molecule has 0 atom stereocenters. The predicted octanol–water partition coefficient (Wildman–Crippen LogP) is 4.75.